The molecule has 1 aliphatic heterocycles. The molecule has 6 heteroatoms. The molecule has 0 bridgehead atoms. The van der Waals surface area contributed by atoms with Crippen LogP contribution in [-0.4, -0.2) is 38.3 Å². The lowest BCUT2D eigenvalue weighted by atomic mass is 10.0. The molecule has 0 unspecified atom stereocenters. The third kappa shape index (κ3) is 3.58. The van der Waals surface area contributed by atoms with Crippen LogP contribution in [0.5, 0.6) is 0 Å². The van der Waals surface area contributed by atoms with Crippen LogP contribution in [0, 0.1) is 0 Å². The highest BCUT2D eigenvalue weighted by Gasteiger charge is 2.34. The van der Waals surface area contributed by atoms with Crippen LogP contribution in [0.25, 0.3) is 0 Å². The van der Waals surface area contributed by atoms with Gasteiger partial charge in [0, 0.05) is 18.0 Å². The van der Waals surface area contributed by atoms with Gasteiger partial charge in [0.05, 0.1) is 18.6 Å². The maximum absolute atomic E-state index is 4.43. The SMILES string of the molecule is CC(C)(C)n1nnnc1[C@@H](c1ccncc1)[NH+]1CCCCCC1. The van der Waals surface area contributed by atoms with Crippen LogP contribution < -0.4 is 4.90 Å². The molecule has 0 aromatic carbocycles. The molecule has 1 saturated heterocycles. The molecule has 3 heterocycles. The van der Waals surface area contributed by atoms with Crippen LogP contribution in [0.3, 0.4) is 0 Å². The average molecular weight is 315 g/mol. The first-order chi connectivity index (χ1) is 11.1. The molecule has 1 aliphatic rings. The molecule has 3 rings (SSSR count). The summed E-state index contributed by atoms with van der Waals surface area (Å²) in [4.78, 5) is 5.74. The zero-order chi connectivity index (χ0) is 16.3. The second-order valence-corrected chi connectivity index (χ2v) is 7.41. The Balaban J connectivity index is 2.04. The maximum atomic E-state index is 4.43. The first kappa shape index (κ1) is 16.1. The summed E-state index contributed by atoms with van der Waals surface area (Å²) in [6.45, 7) is 8.78. The lowest BCUT2D eigenvalue weighted by Crippen LogP contribution is -3.12. The van der Waals surface area contributed by atoms with Crippen molar-refractivity contribution in [1.82, 2.24) is 25.2 Å². The van der Waals surface area contributed by atoms with E-state index in [0.29, 0.717) is 0 Å². The van der Waals surface area contributed by atoms with Gasteiger partial charge in [0.1, 0.15) is 0 Å². The molecule has 1 N–H and O–H groups in total. The van der Waals surface area contributed by atoms with Gasteiger partial charge in [0.15, 0.2) is 6.04 Å². The number of aromatic nitrogens is 5. The third-order valence-corrected chi connectivity index (χ3v) is 4.58. The van der Waals surface area contributed by atoms with Crippen molar-refractivity contribution in [2.45, 2.75) is 58.0 Å². The number of nitrogens with one attached hydrogen (secondary N) is 1. The van der Waals surface area contributed by atoms with E-state index in [-0.39, 0.29) is 11.6 Å². The topological polar surface area (TPSA) is 60.9 Å². The molecular formula is C17H27N6+. The molecule has 0 saturated carbocycles. The van der Waals surface area contributed by atoms with Crippen LogP contribution in [-0.2, 0) is 5.54 Å². The Morgan fingerprint density at radius 2 is 1.70 bits per heavy atom. The zero-order valence-electron chi connectivity index (χ0n) is 14.4. The Kier molecular flexibility index (Phi) is 4.71. The van der Waals surface area contributed by atoms with E-state index in [2.05, 4.69) is 53.4 Å². The molecule has 0 spiro atoms. The molecule has 0 aliphatic carbocycles. The summed E-state index contributed by atoms with van der Waals surface area (Å²) < 4.78 is 1.98. The standard InChI is InChI=1S/C17H26N6/c1-17(2,3)23-16(19-20-21-23)15(14-8-10-18-11-9-14)22-12-6-4-5-7-13-22/h8-11,15H,4-7,12-13H2,1-3H3/p+1/t15-/m1/s1. The van der Waals surface area contributed by atoms with Crippen molar-refractivity contribution in [2.24, 2.45) is 0 Å². The van der Waals surface area contributed by atoms with Crippen LogP contribution in [0.1, 0.15) is 63.9 Å². The van der Waals surface area contributed by atoms with E-state index in [1.807, 2.05) is 17.1 Å². The summed E-state index contributed by atoms with van der Waals surface area (Å²) in [6, 6.07) is 4.37. The third-order valence-electron chi connectivity index (χ3n) is 4.58. The molecule has 2 aromatic heterocycles. The predicted octanol–water partition coefficient (Wildman–Crippen LogP) is 1.37. The van der Waals surface area contributed by atoms with Gasteiger partial charge in [-0.3, -0.25) is 4.98 Å². The number of quaternary nitrogens is 1. The molecule has 2 aromatic rings. The molecule has 6 nitrogen and oxygen atoms in total. The van der Waals surface area contributed by atoms with Crippen LogP contribution in [0.15, 0.2) is 24.5 Å². The molecule has 1 fully saturated rings. The first-order valence-corrected chi connectivity index (χ1v) is 8.60. The van der Waals surface area contributed by atoms with E-state index >= 15 is 0 Å². The van der Waals surface area contributed by atoms with Gasteiger partial charge in [-0.2, -0.15) is 0 Å². The van der Waals surface area contributed by atoms with Crippen molar-refractivity contribution in [1.29, 1.82) is 0 Å². The van der Waals surface area contributed by atoms with Gasteiger partial charge in [-0.25, -0.2) is 4.68 Å². The fourth-order valence-electron chi connectivity index (χ4n) is 3.45. The normalized spacial score (nSPS) is 18.6. The number of likely N-dealkylation sites (tertiary alicyclic amines) is 1. The summed E-state index contributed by atoms with van der Waals surface area (Å²) in [7, 11) is 0. The Morgan fingerprint density at radius 1 is 1.04 bits per heavy atom. The zero-order valence-corrected chi connectivity index (χ0v) is 14.4. The number of hydrogen-bond donors (Lipinski definition) is 1. The Hall–Kier alpha value is -1.82. The molecule has 124 valence electrons. The van der Waals surface area contributed by atoms with Gasteiger partial charge in [-0.1, -0.05) is 0 Å². The van der Waals surface area contributed by atoms with E-state index in [0.717, 1.165) is 5.82 Å². The maximum Gasteiger partial charge on any atom is 0.214 e. The highest BCUT2D eigenvalue weighted by Crippen LogP contribution is 2.22. The average Bonchev–Trinajstić information content (AvgIpc) is 2.86. The Bertz CT molecular complexity index is 608. The van der Waals surface area contributed by atoms with Gasteiger partial charge in [-0.05, 0) is 69.0 Å². The second kappa shape index (κ2) is 6.74. The minimum atomic E-state index is -0.130. The summed E-state index contributed by atoms with van der Waals surface area (Å²) in [6.07, 6.45) is 8.94. The Labute approximate surface area is 137 Å². The largest absolute Gasteiger partial charge is 0.322 e. The van der Waals surface area contributed by atoms with Crippen molar-refractivity contribution >= 4 is 0 Å². The van der Waals surface area contributed by atoms with Gasteiger partial charge in [0.2, 0.25) is 5.82 Å². The summed E-state index contributed by atoms with van der Waals surface area (Å²) in [5, 5.41) is 12.7. The quantitative estimate of drug-likeness (QED) is 0.929. The monoisotopic (exact) mass is 315 g/mol. The van der Waals surface area contributed by atoms with E-state index in [4.69, 9.17) is 0 Å². The van der Waals surface area contributed by atoms with Crippen molar-refractivity contribution in [2.75, 3.05) is 13.1 Å². The lowest BCUT2D eigenvalue weighted by Gasteiger charge is -2.29. The summed E-state index contributed by atoms with van der Waals surface area (Å²) in [5.41, 5.74) is 1.12. The molecular weight excluding hydrogens is 288 g/mol. The second-order valence-electron chi connectivity index (χ2n) is 7.41. The van der Waals surface area contributed by atoms with E-state index in [9.17, 15) is 0 Å². The van der Waals surface area contributed by atoms with Crippen LogP contribution >= 0.6 is 0 Å². The van der Waals surface area contributed by atoms with E-state index in [1.54, 1.807) is 4.90 Å². The molecule has 23 heavy (non-hydrogen) atoms. The van der Waals surface area contributed by atoms with Gasteiger partial charge in [0.25, 0.3) is 0 Å². The predicted molar refractivity (Wildman–Crippen MR) is 88.1 cm³/mol. The fraction of sp³-hybridized carbons (Fsp3) is 0.647. The number of rotatable bonds is 3. The molecule has 1 atom stereocenters. The lowest BCUT2D eigenvalue weighted by molar-refractivity contribution is -0.925. The van der Waals surface area contributed by atoms with Crippen LogP contribution in [0.2, 0.25) is 0 Å². The Morgan fingerprint density at radius 3 is 2.30 bits per heavy atom. The van der Waals surface area contributed by atoms with Gasteiger partial charge in [-0.15, -0.1) is 5.10 Å². The number of hydrogen-bond acceptors (Lipinski definition) is 4. The first-order valence-electron chi connectivity index (χ1n) is 8.60. The van der Waals surface area contributed by atoms with Crippen molar-refractivity contribution < 1.29 is 4.90 Å². The number of nitrogens with zero attached hydrogens (tertiary/aromatic N) is 5. The highest BCUT2D eigenvalue weighted by atomic mass is 15.6. The smallest absolute Gasteiger partial charge is 0.214 e. The van der Waals surface area contributed by atoms with Crippen LogP contribution in [0.4, 0.5) is 0 Å². The fourth-order valence-corrected chi connectivity index (χ4v) is 3.45. The van der Waals surface area contributed by atoms with E-state index in [1.165, 1.54) is 44.3 Å². The van der Waals surface area contributed by atoms with Gasteiger partial charge < -0.3 is 4.90 Å². The number of tetrazole rings is 1. The van der Waals surface area contributed by atoms with Crippen molar-refractivity contribution in [3.63, 3.8) is 0 Å². The van der Waals surface area contributed by atoms with Crippen molar-refractivity contribution in [3.05, 3.63) is 35.9 Å². The highest BCUT2D eigenvalue weighted by molar-refractivity contribution is 5.19. The summed E-state index contributed by atoms with van der Waals surface area (Å²) >= 11 is 0. The summed E-state index contributed by atoms with van der Waals surface area (Å²) in [5.74, 6) is 0.959. The minimum Gasteiger partial charge on any atom is -0.322 e. The van der Waals surface area contributed by atoms with Gasteiger partial charge >= 0.3 is 0 Å². The van der Waals surface area contributed by atoms with Crippen molar-refractivity contribution in [3.8, 4) is 0 Å². The molecule has 0 radical (unpaired) electrons. The minimum absolute atomic E-state index is 0.130. The number of pyridine rings is 1. The van der Waals surface area contributed by atoms with E-state index < -0.39 is 0 Å². The molecule has 0 amide bonds.